The van der Waals surface area contributed by atoms with Gasteiger partial charge in [0.05, 0.1) is 33.3 Å². The molecule has 0 radical (unpaired) electrons. The van der Waals surface area contributed by atoms with Crippen molar-refractivity contribution in [2.75, 3.05) is 54.7 Å². The third-order valence-electron chi connectivity index (χ3n) is 5.07. The van der Waals surface area contributed by atoms with Gasteiger partial charge in [-0.2, -0.15) is 0 Å². The number of quaternary nitrogens is 1. The first kappa shape index (κ1) is 26.3. The first-order valence-electron chi connectivity index (χ1n) is 10.1. The Morgan fingerprint density at radius 3 is 2.30 bits per heavy atom. The molecule has 3 amide bonds. The first-order valence-corrected chi connectivity index (χ1v) is 10.1. The zero-order valence-corrected chi connectivity index (χ0v) is 19.2. The molecule has 0 aromatic heterocycles. The summed E-state index contributed by atoms with van der Waals surface area (Å²) in [6.07, 6.45) is 5.65. The molecule has 172 valence electrons. The fraction of sp³-hybridized carbons (Fsp3) is 0.714. The lowest BCUT2D eigenvalue weighted by molar-refractivity contribution is -0.891. The Morgan fingerprint density at radius 2 is 1.77 bits per heavy atom. The Hall–Kier alpha value is -1.78. The van der Waals surface area contributed by atoms with E-state index in [1.165, 1.54) is 21.1 Å². The van der Waals surface area contributed by atoms with Crippen molar-refractivity contribution in [3.8, 4) is 0 Å². The highest BCUT2D eigenvalue weighted by Gasteiger charge is 2.56. The lowest BCUT2D eigenvalue weighted by Gasteiger charge is -2.41. The molecule has 3 atom stereocenters. The fourth-order valence-corrected chi connectivity index (χ4v) is 3.50. The van der Waals surface area contributed by atoms with Gasteiger partial charge in [0.15, 0.2) is 12.9 Å². The average Bonchev–Trinajstić information content (AvgIpc) is 2.93. The van der Waals surface area contributed by atoms with Crippen molar-refractivity contribution in [1.82, 2.24) is 9.80 Å². The molecule has 1 aliphatic rings. The zero-order valence-electron chi connectivity index (χ0n) is 19.2. The second-order valence-corrected chi connectivity index (χ2v) is 7.70. The Labute approximate surface area is 180 Å². The van der Waals surface area contributed by atoms with Crippen molar-refractivity contribution in [3.63, 3.8) is 0 Å². The van der Waals surface area contributed by atoms with Crippen LogP contribution in [0.2, 0.25) is 0 Å². The molecule has 3 unspecified atom stereocenters. The van der Waals surface area contributed by atoms with Crippen LogP contribution in [-0.4, -0.2) is 99.2 Å². The Kier molecular flexibility index (Phi) is 11.2. The quantitative estimate of drug-likeness (QED) is 0.183. The van der Waals surface area contributed by atoms with Crippen LogP contribution in [0.15, 0.2) is 24.8 Å². The van der Waals surface area contributed by atoms with E-state index in [0.29, 0.717) is 19.6 Å². The van der Waals surface area contributed by atoms with E-state index in [-0.39, 0.29) is 48.8 Å². The van der Waals surface area contributed by atoms with Crippen LogP contribution in [0.1, 0.15) is 27.2 Å². The van der Waals surface area contributed by atoms with Gasteiger partial charge in [0.25, 0.3) is 0 Å². The van der Waals surface area contributed by atoms with E-state index in [0.717, 1.165) is 0 Å². The van der Waals surface area contributed by atoms with Crippen LogP contribution in [-0.2, 0) is 23.7 Å². The molecular formula is C21H38N3O6+. The van der Waals surface area contributed by atoms with E-state index < -0.39 is 6.17 Å². The lowest BCUT2D eigenvalue weighted by Crippen LogP contribution is -2.65. The van der Waals surface area contributed by atoms with E-state index in [9.17, 15) is 9.59 Å². The van der Waals surface area contributed by atoms with Crippen LogP contribution in [0.4, 0.5) is 4.79 Å². The van der Waals surface area contributed by atoms with Gasteiger partial charge in [-0.3, -0.25) is 4.90 Å². The molecule has 1 heterocycles. The van der Waals surface area contributed by atoms with Gasteiger partial charge < -0.3 is 18.9 Å². The van der Waals surface area contributed by atoms with Crippen LogP contribution in [0.5, 0.6) is 0 Å². The maximum absolute atomic E-state index is 13.0. The lowest BCUT2D eigenvalue weighted by atomic mass is 10.1. The van der Waals surface area contributed by atoms with E-state index in [1.54, 1.807) is 22.9 Å². The molecule has 1 saturated heterocycles. The number of nitrogens with zero attached hydrogens (tertiary/aromatic N) is 3. The fourth-order valence-electron chi connectivity index (χ4n) is 3.50. The molecular weight excluding hydrogens is 390 g/mol. The topological polar surface area (TPSA) is 77.5 Å². The highest BCUT2D eigenvalue weighted by molar-refractivity contribution is 5.78. The van der Waals surface area contributed by atoms with Gasteiger partial charge in [0.1, 0.15) is 19.5 Å². The summed E-state index contributed by atoms with van der Waals surface area (Å²) in [4.78, 5) is 29.0. The summed E-state index contributed by atoms with van der Waals surface area (Å²) < 4.78 is 21.7. The molecule has 0 aromatic rings. The minimum atomic E-state index is -0.503. The molecule has 1 fully saturated rings. The van der Waals surface area contributed by atoms with E-state index in [1.807, 2.05) is 26.0 Å². The Bertz CT molecular complexity index is 597. The molecule has 0 spiro atoms. The summed E-state index contributed by atoms with van der Waals surface area (Å²) in [5.41, 5.74) is 0. The monoisotopic (exact) mass is 428 g/mol. The molecule has 30 heavy (non-hydrogen) atoms. The number of hydrogen-bond donors (Lipinski definition) is 0. The van der Waals surface area contributed by atoms with Gasteiger partial charge >= 0.3 is 11.9 Å². The van der Waals surface area contributed by atoms with Crippen LogP contribution >= 0.6 is 0 Å². The van der Waals surface area contributed by atoms with Gasteiger partial charge in [-0.1, -0.05) is 18.2 Å². The summed E-state index contributed by atoms with van der Waals surface area (Å²) in [6, 6.07) is -0.551. The normalized spacial score (nSPS) is 21.6. The standard InChI is InChI=1S/C21H38N3O6/c1-8-11-19-20(23(15-28-7)21(26)22(19)14-27-6)24(5,18(4)25)16-29-12-9-10-13-30-17(2)3/h8-10,17,19-20H,1,11-16H2,2-7H3/q+1. The number of carbonyl (C=O) groups is 2. The average molecular weight is 429 g/mol. The second-order valence-electron chi connectivity index (χ2n) is 7.70. The van der Waals surface area contributed by atoms with Crippen molar-refractivity contribution in [2.24, 2.45) is 0 Å². The highest BCUT2D eigenvalue weighted by Crippen LogP contribution is 2.32. The molecule has 9 nitrogen and oxygen atoms in total. The molecule has 1 aliphatic heterocycles. The molecule has 0 aliphatic carbocycles. The molecule has 1 rings (SSSR count). The number of ether oxygens (including phenoxy) is 4. The number of rotatable bonds is 14. The van der Waals surface area contributed by atoms with Gasteiger partial charge in [0, 0.05) is 14.2 Å². The summed E-state index contributed by atoms with van der Waals surface area (Å²) in [7, 11) is 4.83. The van der Waals surface area contributed by atoms with Crippen LogP contribution < -0.4 is 0 Å². The van der Waals surface area contributed by atoms with Crippen molar-refractivity contribution in [2.45, 2.75) is 45.5 Å². The molecule has 0 aromatic carbocycles. The minimum absolute atomic E-state index is 0.0604. The zero-order chi connectivity index (χ0) is 22.7. The van der Waals surface area contributed by atoms with Crippen LogP contribution in [0.25, 0.3) is 0 Å². The predicted octanol–water partition coefficient (Wildman–Crippen LogP) is 2.15. The predicted molar refractivity (Wildman–Crippen MR) is 113 cm³/mol. The van der Waals surface area contributed by atoms with Crippen LogP contribution in [0, 0.1) is 0 Å². The maximum Gasteiger partial charge on any atom is 0.328 e. The summed E-state index contributed by atoms with van der Waals surface area (Å²) >= 11 is 0. The minimum Gasteiger partial charge on any atom is -0.375 e. The van der Waals surface area contributed by atoms with E-state index in [2.05, 4.69) is 6.58 Å². The van der Waals surface area contributed by atoms with Crippen molar-refractivity contribution >= 4 is 11.9 Å². The maximum atomic E-state index is 13.0. The Morgan fingerprint density at radius 1 is 1.17 bits per heavy atom. The van der Waals surface area contributed by atoms with Gasteiger partial charge in [0.2, 0.25) is 0 Å². The first-order chi connectivity index (χ1) is 14.2. The van der Waals surface area contributed by atoms with Crippen molar-refractivity contribution < 1.29 is 33.0 Å². The van der Waals surface area contributed by atoms with E-state index in [4.69, 9.17) is 18.9 Å². The smallest absolute Gasteiger partial charge is 0.328 e. The second kappa shape index (κ2) is 12.8. The molecule has 9 heteroatoms. The van der Waals surface area contributed by atoms with E-state index >= 15 is 0 Å². The van der Waals surface area contributed by atoms with Crippen molar-refractivity contribution in [3.05, 3.63) is 24.8 Å². The number of carbonyl (C=O) groups excluding carboxylic acids is 2. The third kappa shape index (κ3) is 6.61. The summed E-state index contributed by atoms with van der Waals surface area (Å²) in [5.74, 6) is -0.116. The Balaban J connectivity index is 3.03. The summed E-state index contributed by atoms with van der Waals surface area (Å²) in [5, 5.41) is 0. The number of likely N-dealkylation sites (N-methyl/N-ethyl adjacent to an activating group) is 1. The number of hydrogen-bond acceptors (Lipinski definition) is 6. The van der Waals surface area contributed by atoms with Gasteiger partial charge in [-0.05, 0) is 20.3 Å². The SMILES string of the molecule is C=CCC1C([N+](C)(COCC=CCOC(C)C)C(C)=O)N(COC)C(=O)N1COC. The van der Waals surface area contributed by atoms with Gasteiger partial charge in [-0.25, -0.2) is 19.0 Å². The summed E-state index contributed by atoms with van der Waals surface area (Å²) in [6.45, 7) is 10.4. The molecule has 0 saturated carbocycles. The van der Waals surface area contributed by atoms with Crippen molar-refractivity contribution in [1.29, 1.82) is 0 Å². The number of methoxy groups -OCH3 is 2. The number of urea groups is 1. The van der Waals surface area contributed by atoms with Crippen LogP contribution in [0.3, 0.4) is 0 Å². The highest BCUT2D eigenvalue weighted by atomic mass is 16.5. The largest absolute Gasteiger partial charge is 0.375 e. The third-order valence-corrected chi connectivity index (χ3v) is 5.07. The molecule has 0 bridgehead atoms. The molecule has 0 N–H and O–H groups in total. The number of amides is 3. The van der Waals surface area contributed by atoms with Gasteiger partial charge in [-0.15, -0.1) is 6.58 Å².